The quantitative estimate of drug-likeness (QED) is 0.900. The van der Waals surface area contributed by atoms with Crippen molar-refractivity contribution in [1.82, 2.24) is 10.3 Å². The molecule has 1 N–H and O–H groups in total. The molecule has 0 atom stereocenters. The number of aromatic nitrogens is 1. The van der Waals surface area contributed by atoms with Crippen molar-refractivity contribution in [1.29, 1.82) is 0 Å². The zero-order chi connectivity index (χ0) is 13.0. The van der Waals surface area contributed by atoms with Crippen molar-refractivity contribution in [3.8, 4) is 11.5 Å². The standard InChI is InChI=1S/C14H15FN2O/c1-10-4-3-5-12(14(10)15)18-13-9-17-7-6-11(13)8-16-2/h3-7,9,16H,8H2,1-2H3. The van der Waals surface area contributed by atoms with Gasteiger partial charge in [-0.2, -0.15) is 0 Å². The minimum Gasteiger partial charge on any atom is -0.452 e. The van der Waals surface area contributed by atoms with E-state index in [1.807, 2.05) is 13.1 Å². The molecule has 2 aromatic rings. The fourth-order valence-corrected chi connectivity index (χ4v) is 1.65. The molecule has 94 valence electrons. The van der Waals surface area contributed by atoms with Crippen LogP contribution in [0.4, 0.5) is 4.39 Å². The van der Waals surface area contributed by atoms with Gasteiger partial charge < -0.3 is 10.1 Å². The SMILES string of the molecule is CNCc1ccncc1Oc1cccc(C)c1F. The summed E-state index contributed by atoms with van der Waals surface area (Å²) in [6, 6.07) is 6.93. The minimum atomic E-state index is -0.336. The van der Waals surface area contributed by atoms with Gasteiger partial charge in [-0.05, 0) is 31.7 Å². The Kier molecular flexibility index (Phi) is 3.89. The smallest absolute Gasteiger partial charge is 0.168 e. The lowest BCUT2D eigenvalue weighted by Gasteiger charge is -2.11. The van der Waals surface area contributed by atoms with Gasteiger partial charge in [0.1, 0.15) is 5.75 Å². The lowest BCUT2D eigenvalue weighted by Crippen LogP contribution is -2.06. The maximum Gasteiger partial charge on any atom is 0.168 e. The molecule has 0 aliphatic rings. The lowest BCUT2D eigenvalue weighted by atomic mass is 10.2. The summed E-state index contributed by atoms with van der Waals surface area (Å²) in [5.41, 5.74) is 1.50. The first-order chi connectivity index (χ1) is 8.72. The molecule has 0 amide bonds. The van der Waals surface area contributed by atoms with E-state index in [-0.39, 0.29) is 11.6 Å². The Balaban J connectivity index is 2.31. The molecule has 0 saturated heterocycles. The molecule has 1 aromatic carbocycles. The van der Waals surface area contributed by atoms with Gasteiger partial charge in [-0.25, -0.2) is 4.39 Å². The topological polar surface area (TPSA) is 34.2 Å². The molecule has 18 heavy (non-hydrogen) atoms. The number of hydrogen-bond acceptors (Lipinski definition) is 3. The number of pyridine rings is 1. The van der Waals surface area contributed by atoms with Gasteiger partial charge in [0.05, 0.1) is 6.20 Å². The second kappa shape index (κ2) is 5.60. The Morgan fingerprint density at radius 3 is 2.89 bits per heavy atom. The van der Waals surface area contributed by atoms with Gasteiger partial charge in [0, 0.05) is 18.3 Å². The molecule has 0 aliphatic carbocycles. The highest BCUT2D eigenvalue weighted by molar-refractivity contribution is 5.37. The summed E-state index contributed by atoms with van der Waals surface area (Å²) in [6.07, 6.45) is 3.28. The predicted octanol–water partition coefficient (Wildman–Crippen LogP) is 3.04. The van der Waals surface area contributed by atoms with Crippen LogP contribution in [0.1, 0.15) is 11.1 Å². The van der Waals surface area contributed by atoms with Crippen LogP contribution in [-0.4, -0.2) is 12.0 Å². The second-order valence-electron chi connectivity index (χ2n) is 4.00. The molecule has 0 unspecified atom stereocenters. The van der Waals surface area contributed by atoms with Gasteiger partial charge in [-0.1, -0.05) is 12.1 Å². The van der Waals surface area contributed by atoms with E-state index < -0.39 is 0 Å². The monoisotopic (exact) mass is 246 g/mol. The first-order valence-corrected chi connectivity index (χ1v) is 5.73. The predicted molar refractivity (Wildman–Crippen MR) is 68.2 cm³/mol. The summed E-state index contributed by atoms with van der Waals surface area (Å²) in [7, 11) is 1.84. The van der Waals surface area contributed by atoms with Crippen LogP contribution in [0.25, 0.3) is 0 Å². The van der Waals surface area contributed by atoms with Crippen molar-refractivity contribution in [2.24, 2.45) is 0 Å². The molecule has 0 radical (unpaired) electrons. The van der Waals surface area contributed by atoms with Crippen LogP contribution in [0.2, 0.25) is 0 Å². The Hall–Kier alpha value is -1.94. The molecule has 1 heterocycles. The Bertz CT molecular complexity index is 543. The molecule has 2 rings (SSSR count). The highest BCUT2D eigenvalue weighted by atomic mass is 19.1. The molecule has 0 aliphatic heterocycles. The number of rotatable bonds is 4. The molecular weight excluding hydrogens is 231 g/mol. The average Bonchev–Trinajstić information content (AvgIpc) is 2.37. The summed E-state index contributed by atoms with van der Waals surface area (Å²) in [5.74, 6) is 0.452. The molecule has 0 saturated carbocycles. The van der Waals surface area contributed by atoms with Gasteiger partial charge in [-0.3, -0.25) is 4.98 Å². The number of hydrogen-bond donors (Lipinski definition) is 1. The highest BCUT2D eigenvalue weighted by Crippen LogP contribution is 2.27. The summed E-state index contributed by atoms with van der Waals surface area (Å²) in [4.78, 5) is 4.00. The van der Waals surface area contributed by atoms with Gasteiger partial charge in [0.15, 0.2) is 11.6 Å². The van der Waals surface area contributed by atoms with E-state index in [0.29, 0.717) is 17.9 Å². The fraction of sp³-hybridized carbons (Fsp3) is 0.214. The molecule has 0 spiro atoms. The van der Waals surface area contributed by atoms with Crippen LogP contribution in [0.3, 0.4) is 0 Å². The first-order valence-electron chi connectivity index (χ1n) is 5.73. The van der Waals surface area contributed by atoms with Gasteiger partial charge in [0.25, 0.3) is 0 Å². The van der Waals surface area contributed by atoms with Crippen LogP contribution < -0.4 is 10.1 Å². The van der Waals surface area contributed by atoms with Crippen molar-refractivity contribution < 1.29 is 9.13 Å². The number of halogens is 1. The maximum absolute atomic E-state index is 13.8. The number of benzene rings is 1. The highest BCUT2D eigenvalue weighted by Gasteiger charge is 2.09. The van der Waals surface area contributed by atoms with Crippen LogP contribution >= 0.6 is 0 Å². The van der Waals surface area contributed by atoms with Crippen molar-refractivity contribution in [2.75, 3.05) is 7.05 Å². The van der Waals surface area contributed by atoms with Crippen molar-refractivity contribution in [2.45, 2.75) is 13.5 Å². The molecule has 0 bridgehead atoms. The van der Waals surface area contributed by atoms with E-state index in [0.717, 1.165) is 5.56 Å². The van der Waals surface area contributed by atoms with E-state index in [2.05, 4.69) is 10.3 Å². The van der Waals surface area contributed by atoms with Crippen LogP contribution in [0, 0.1) is 12.7 Å². The minimum absolute atomic E-state index is 0.223. The van der Waals surface area contributed by atoms with Crippen LogP contribution in [0.5, 0.6) is 11.5 Å². The van der Waals surface area contributed by atoms with Gasteiger partial charge in [0.2, 0.25) is 0 Å². The Morgan fingerprint density at radius 1 is 1.28 bits per heavy atom. The Labute approximate surface area is 106 Å². The molecular formula is C14H15FN2O. The number of aryl methyl sites for hydroxylation is 1. The third-order valence-corrected chi connectivity index (χ3v) is 2.61. The average molecular weight is 246 g/mol. The molecule has 4 heteroatoms. The fourth-order valence-electron chi connectivity index (χ4n) is 1.65. The third-order valence-electron chi connectivity index (χ3n) is 2.61. The third kappa shape index (κ3) is 2.65. The number of nitrogens with one attached hydrogen (secondary N) is 1. The number of nitrogens with zero attached hydrogens (tertiary/aromatic N) is 1. The first kappa shape index (κ1) is 12.5. The zero-order valence-corrected chi connectivity index (χ0v) is 10.4. The summed E-state index contributed by atoms with van der Waals surface area (Å²) in [6.45, 7) is 2.35. The largest absolute Gasteiger partial charge is 0.452 e. The van der Waals surface area contributed by atoms with E-state index >= 15 is 0 Å². The molecule has 0 fully saturated rings. The van der Waals surface area contributed by atoms with Crippen molar-refractivity contribution >= 4 is 0 Å². The Morgan fingerprint density at radius 2 is 2.11 bits per heavy atom. The van der Waals surface area contributed by atoms with Crippen LogP contribution in [-0.2, 0) is 6.54 Å². The van der Waals surface area contributed by atoms with Crippen molar-refractivity contribution in [3.63, 3.8) is 0 Å². The van der Waals surface area contributed by atoms with E-state index in [9.17, 15) is 4.39 Å². The summed E-state index contributed by atoms with van der Waals surface area (Å²) in [5, 5.41) is 3.03. The van der Waals surface area contributed by atoms with Crippen LogP contribution in [0.15, 0.2) is 36.7 Å². The van der Waals surface area contributed by atoms with E-state index in [4.69, 9.17) is 4.74 Å². The molecule has 3 nitrogen and oxygen atoms in total. The van der Waals surface area contributed by atoms with E-state index in [1.165, 1.54) is 0 Å². The zero-order valence-electron chi connectivity index (χ0n) is 10.4. The maximum atomic E-state index is 13.8. The second-order valence-corrected chi connectivity index (χ2v) is 4.00. The normalized spacial score (nSPS) is 10.4. The summed E-state index contributed by atoms with van der Waals surface area (Å²) < 4.78 is 19.4. The van der Waals surface area contributed by atoms with Gasteiger partial charge >= 0.3 is 0 Å². The summed E-state index contributed by atoms with van der Waals surface area (Å²) >= 11 is 0. The van der Waals surface area contributed by atoms with Gasteiger partial charge in [-0.15, -0.1) is 0 Å². The van der Waals surface area contributed by atoms with E-state index in [1.54, 1.807) is 37.5 Å². The lowest BCUT2D eigenvalue weighted by molar-refractivity contribution is 0.433. The molecule has 1 aromatic heterocycles. The number of ether oxygens (including phenoxy) is 1. The van der Waals surface area contributed by atoms with Crippen molar-refractivity contribution in [3.05, 3.63) is 53.6 Å².